The van der Waals surface area contributed by atoms with Gasteiger partial charge in [-0.05, 0) is 32.2 Å². The van der Waals surface area contributed by atoms with E-state index in [-0.39, 0.29) is 5.91 Å². The summed E-state index contributed by atoms with van der Waals surface area (Å²) in [6, 6.07) is 5.22. The minimum atomic E-state index is 0.00356. The number of rotatable bonds is 3. The molecule has 2 rings (SSSR count). The number of likely N-dealkylation sites (N-methyl/N-ethyl adjacent to an activating group) is 1. The van der Waals surface area contributed by atoms with E-state index >= 15 is 0 Å². The van der Waals surface area contributed by atoms with Gasteiger partial charge in [-0.3, -0.25) is 4.79 Å². The predicted octanol–water partition coefficient (Wildman–Crippen LogP) is 1.06. The molecule has 1 aromatic carbocycles. The Hall–Kier alpha value is -1.75. The minimum absolute atomic E-state index is 0.00356. The standard InChI is InChI=1S/C14H21N3O2/c1-3-19-13-5-4-11(15)10-12(13)14(18)17-8-6-16(2)7-9-17/h4-5,10H,3,6-9,15H2,1-2H3. The molecule has 1 saturated heterocycles. The van der Waals surface area contributed by atoms with Crippen molar-refractivity contribution in [2.24, 2.45) is 0 Å². The molecule has 1 aliphatic rings. The number of amides is 1. The molecule has 1 aromatic rings. The van der Waals surface area contributed by atoms with Crippen LogP contribution in [0.1, 0.15) is 17.3 Å². The second-order valence-electron chi connectivity index (χ2n) is 4.78. The lowest BCUT2D eigenvalue weighted by atomic mass is 10.1. The molecule has 1 amide bonds. The Morgan fingerprint density at radius 1 is 1.32 bits per heavy atom. The topological polar surface area (TPSA) is 58.8 Å². The van der Waals surface area contributed by atoms with Gasteiger partial charge in [-0.2, -0.15) is 0 Å². The van der Waals surface area contributed by atoms with Crippen molar-refractivity contribution in [3.05, 3.63) is 23.8 Å². The van der Waals surface area contributed by atoms with Crippen LogP contribution >= 0.6 is 0 Å². The zero-order valence-electron chi connectivity index (χ0n) is 11.6. The Labute approximate surface area is 113 Å². The molecule has 1 heterocycles. The molecular formula is C14H21N3O2. The molecular weight excluding hydrogens is 242 g/mol. The number of benzene rings is 1. The maximum absolute atomic E-state index is 12.5. The van der Waals surface area contributed by atoms with Crippen LogP contribution in [0.2, 0.25) is 0 Å². The number of piperazine rings is 1. The van der Waals surface area contributed by atoms with Crippen LogP contribution in [0.3, 0.4) is 0 Å². The van der Waals surface area contributed by atoms with Crippen LogP contribution in [0.25, 0.3) is 0 Å². The number of anilines is 1. The van der Waals surface area contributed by atoms with Gasteiger partial charge in [0.05, 0.1) is 12.2 Å². The van der Waals surface area contributed by atoms with Crippen molar-refractivity contribution in [1.82, 2.24) is 9.80 Å². The van der Waals surface area contributed by atoms with Crippen LogP contribution < -0.4 is 10.5 Å². The van der Waals surface area contributed by atoms with Crippen molar-refractivity contribution < 1.29 is 9.53 Å². The molecule has 0 unspecified atom stereocenters. The molecule has 0 atom stereocenters. The zero-order chi connectivity index (χ0) is 13.8. The second-order valence-corrected chi connectivity index (χ2v) is 4.78. The van der Waals surface area contributed by atoms with Gasteiger partial charge in [0.2, 0.25) is 0 Å². The van der Waals surface area contributed by atoms with Crippen LogP contribution in [-0.2, 0) is 0 Å². The Kier molecular flexibility index (Phi) is 4.27. The molecule has 0 bridgehead atoms. The first kappa shape index (κ1) is 13.7. The van der Waals surface area contributed by atoms with Crippen molar-refractivity contribution >= 4 is 11.6 Å². The lowest BCUT2D eigenvalue weighted by Crippen LogP contribution is -2.47. The van der Waals surface area contributed by atoms with E-state index in [1.165, 1.54) is 0 Å². The fourth-order valence-corrected chi connectivity index (χ4v) is 2.18. The molecule has 0 spiro atoms. The number of hydrogen-bond donors (Lipinski definition) is 1. The minimum Gasteiger partial charge on any atom is -0.493 e. The SMILES string of the molecule is CCOc1ccc(N)cc1C(=O)N1CCN(C)CC1. The fourth-order valence-electron chi connectivity index (χ4n) is 2.18. The van der Waals surface area contributed by atoms with Crippen molar-refractivity contribution in [1.29, 1.82) is 0 Å². The lowest BCUT2D eigenvalue weighted by Gasteiger charge is -2.32. The average Bonchev–Trinajstić information content (AvgIpc) is 2.41. The van der Waals surface area contributed by atoms with Gasteiger partial charge in [0.1, 0.15) is 5.75 Å². The van der Waals surface area contributed by atoms with E-state index < -0.39 is 0 Å². The summed E-state index contributed by atoms with van der Waals surface area (Å²) in [7, 11) is 2.06. The number of nitrogens with zero attached hydrogens (tertiary/aromatic N) is 2. The van der Waals surface area contributed by atoms with E-state index in [0.717, 1.165) is 26.2 Å². The van der Waals surface area contributed by atoms with Crippen LogP contribution in [0, 0.1) is 0 Å². The number of nitrogen functional groups attached to an aromatic ring is 1. The number of carbonyl (C=O) groups is 1. The first-order valence-corrected chi connectivity index (χ1v) is 6.62. The van der Waals surface area contributed by atoms with Crippen molar-refractivity contribution in [3.8, 4) is 5.75 Å². The van der Waals surface area contributed by atoms with Crippen LogP contribution in [-0.4, -0.2) is 55.5 Å². The first-order valence-electron chi connectivity index (χ1n) is 6.62. The number of hydrogen-bond acceptors (Lipinski definition) is 4. The molecule has 0 radical (unpaired) electrons. The van der Waals surface area contributed by atoms with Crippen molar-refractivity contribution in [2.75, 3.05) is 45.6 Å². The third-order valence-electron chi connectivity index (χ3n) is 3.32. The summed E-state index contributed by atoms with van der Waals surface area (Å²) in [5.41, 5.74) is 6.92. The summed E-state index contributed by atoms with van der Waals surface area (Å²) in [5.74, 6) is 0.615. The third-order valence-corrected chi connectivity index (χ3v) is 3.32. The highest BCUT2D eigenvalue weighted by Gasteiger charge is 2.23. The summed E-state index contributed by atoms with van der Waals surface area (Å²) in [5, 5.41) is 0. The predicted molar refractivity (Wildman–Crippen MR) is 75.4 cm³/mol. The molecule has 5 nitrogen and oxygen atoms in total. The van der Waals surface area contributed by atoms with Crippen LogP contribution in [0.15, 0.2) is 18.2 Å². The second kappa shape index (κ2) is 5.93. The Morgan fingerprint density at radius 2 is 2.00 bits per heavy atom. The summed E-state index contributed by atoms with van der Waals surface area (Å²) < 4.78 is 5.51. The summed E-state index contributed by atoms with van der Waals surface area (Å²) >= 11 is 0. The highest BCUT2D eigenvalue weighted by atomic mass is 16.5. The maximum atomic E-state index is 12.5. The highest BCUT2D eigenvalue weighted by Crippen LogP contribution is 2.23. The molecule has 1 fully saturated rings. The first-order chi connectivity index (χ1) is 9.11. The summed E-state index contributed by atoms with van der Waals surface area (Å²) in [6.07, 6.45) is 0. The van der Waals surface area contributed by atoms with Crippen molar-refractivity contribution in [2.45, 2.75) is 6.92 Å². The maximum Gasteiger partial charge on any atom is 0.257 e. The summed E-state index contributed by atoms with van der Waals surface area (Å²) in [6.45, 7) is 5.73. The zero-order valence-corrected chi connectivity index (χ0v) is 11.6. The Bertz CT molecular complexity index is 454. The molecule has 2 N–H and O–H groups in total. The van der Waals surface area contributed by atoms with E-state index in [1.54, 1.807) is 18.2 Å². The van der Waals surface area contributed by atoms with E-state index in [9.17, 15) is 4.79 Å². The van der Waals surface area contributed by atoms with Gasteiger partial charge in [0.25, 0.3) is 5.91 Å². The van der Waals surface area contributed by atoms with Gasteiger partial charge < -0.3 is 20.3 Å². The fraction of sp³-hybridized carbons (Fsp3) is 0.500. The van der Waals surface area contributed by atoms with Gasteiger partial charge in [-0.1, -0.05) is 0 Å². The molecule has 5 heteroatoms. The molecule has 19 heavy (non-hydrogen) atoms. The van der Waals surface area contributed by atoms with Gasteiger partial charge in [0.15, 0.2) is 0 Å². The van der Waals surface area contributed by atoms with Gasteiger partial charge in [-0.15, -0.1) is 0 Å². The Morgan fingerprint density at radius 3 is 2.63 bits per heavy atom. The smallest absolute Gasteiger partial charge is 0.257 e. The van der Waals surface area contributed by atoms with Crippen LogP contribution in [0.4, 0.5) is 5.69 Å². The molecule has 0 aliphatic carbocycles. The lowest BCUT2D eigenvalue weighted by molar-refractivity contribution is 0.0660. The molecule has 0 saturated carbocycles. The molecule has 0 aromatic heterocycles. The number of nitrogens with two attached hydrogens (primary N) is 1. The van der Waals surface area contributed by atoms with E-state index in [0.29, 0.717) is 23.6 Å². The monoisotopic (exact) mass is 263 g/mol. The van der Waals surface area contributed by atoms with Crippen LogP contribution in [0.5, 0.6) is 5.75 Å². The van der Waals surface area contributed by atoms with Gasteiger partial charge in [0, 0.05) is 31.9 Å². The van der Waals surface area contributed by atoms with E-state index in [4.69, 9.17) is 10.5 Å². The molecule has 1 aliphatic heterocycles. The Balaban J connectivity index is 2.20. The van der Waals surface area contributed by atoms with E-state index in [2.05, 4.69) is 11.9 Å². The number of carbonyl (C=O) groups excluding carboxylic acids is 1. The summed E-state index contributed by atoms with van der Waals surface area (Å²) in [4.78, 5) is 16.6. The average molecular weight is 263 g/mol. The van der Waals surface area contributed by atoms with Crippen molar-refractivity contribution in [3.63, 3.8) is 0 Å². The number of ether oxygens (including phenoxy) is 1. The largest absolute Gasteiger partial charge is 0.493 e. The molecule has 104 valence electrons. The quantitative estimate of drug-likeness (QED) is 0.828. The highest BCUT2D eigenvalue weighted by molar-refractivity contribution is 5.97. The third kappa shape index (κ3) is 3.17. The van der Waals surface area contributed by atoms with E-state index in [1.807, 2.05) is 11.8 Å². The van der Waals surface area contributed by atoms with Gasteiger partial charge in [-0.25, -0.2) is 0 Å². The van der Waals surface area contributed by atoms with Gasteiger partial charge >= 0.3 is 0 Å². The normalized spacial score (nSPS) is 16.4.